The minimum atomic E-state index is 0.0252. The lowest BCUT2D eigenvalue weighted by atomic mass is 10.2. The Morgan fingerprint density at radius 3 is 2.83 bits per heavy atom. The Morgan fingerprint density at radius 1 is 1.56 bits per heavy atom. The number of hydrogen-bond acceptors (Lipinski definition) is 4. The van der Waals surface area contributed by atoms with E-state index in [9.17, 15) is 4.79 Å². The number of nitrogens with one attached hydrogen (secondary N) is 2. The molecular formula is C13H25N3O2. The summed E-state index contributed by atoms with van der Waals surface area (Å²) in [5.74, 6) is 0.0864. The minimum Gasteiger partial charge on any atom is -0.376 e. The van der Waals surface area contributed by atoms with E-state index in [0.717, 1.165) is 18.4 Å². The molecule has 18 heavy (non-hydrogen) atoms. The molecule has 5 nitrogen and oxygen atoms in total. The van der Waals surface area contributed by atoms with Gasteiger partial charge in [-0.2, -0.15) is 0 Å². The van der Waals surface area contributed by atoms with Gasteiger partial charge in [0.05, 0.1) is 13.2 Å². The van der Waals surface area contributed by atoms with Crippen molar-refractivity contribution in [1.82, 2.24) is 10.6 Å². The number of carbonyl (C=O) groups is 1. The average Bonchev–Trinajstić information content (AvgIpc) is 3.10. The molecular weight excluding hydrogens is 230 g/mol. The molecule has 0 spiro atoms. The second kappa shape index (κ2) is 8.24. The van der Waals surface area contributed by atoms with Gasteiger partial charge in [-0.25, -0.2) is 0 Å². The Balaban J connectivity index is 2.04. The summed E-state index contributed by atoms with van der Waals surface area (Å²) in [5.41, 5.74) is 6.64. The molecule has 0 aromatic carbocycles. The molecule has 1 unspecified atom stereocenters. The number of hydrogen-bond donors (Lipinski definition) is 3. The summed E-state index contributed by atoms with van der Waals surface area (Å²) >= 11 is 0. The molecule has 1 fully saturated rings. The van der Waals surface area contributed by atoms with E-state index in [1.807, 2.05) is 6.92 Å². The average molecular weight is 255 g/mol. The van der Waals surface area contributed by atoms with Gasteiger partial charge in [0.15, 0.2) is 0 Å². The molecule has 4 N–H and O–H groups in total. The van der Waals surface area contributed by atoms with E-state index < -0.39 is 0 Å². The lowest BCUT2D eigenvalue weighted by Crippen LogP contribution is -2.42. The molecule has 0 aromatic rings. The zero-order chi connectivity index (χ0) is 13.4. The van der Waals surface area contributed by atoms with Crippen LogP contribution in [0.25, 0.3) is 0 Å². The van der Waals surface area contributed by atoms with Gasteiger partial charge < -0.3 is 21.1 Å². The largest absolute Gasteiger partial charge is 0.376 e. The molecule has 1 saturated carbocycles. The van der Waals surface area contributed by atoms with Gasteiger partial charge in [-0.05, 0) is 19.8 Å². The maximum Gasteiger partial charge on any atom is 0.221 e. The van der Waals surface area contributed by atoms with Gasteiger partial charge in [0.1, 0.15) is 0 Å². The maximum absolute atomic E-state index is 11.6. The first-order valence-electron chi connectivity index (χ1n) is 6.56. The molecule has 0 heterocycles. The van der Waals surface area contributed by atoms with Crippen LogP contribution in [-0.4, -0.2) is 44.3 Å². The van der Waals surface area contributed by atoms with E-state index in [1.54, 1.807) is 0 Å². The molecule has 0 bridgehead atoms. The predicted octanol–water partition coefficient (Wildman–Crippen LogP) is 0.165. The van der Waals surface area contributed by atoms with E-state index in [2.05, 4.69) is 17.2 Å². The van der Waals surface area contributed by atoms with Crippen molar-refractivity contribution in [3.8, 4) is 0 Å². The fraction of sp³-hybridized carbons (Fsp3) is 0.769. The van der Waals surface area contributed by atoms with Crippen molar-refractivity contribution in [2.24, 2.45) is 5.73 Å². The zero-order valence-corrected chi connectivity index (χ0v) is 11.2. The highest BCUT2D eigenvalue weighted by atomic mass is 16.5. The Bertz CT molecular complexity index is 277. The highest BCUT2D eigenvalue weighted by molar-refractivity contribution is 5.77. The number of rotatable bonds is 10. The van der Waals surface area contributed by atoms with Gasteiger partial charge in [-0.3, -0.25) is 4.79 Å². The van der Waals surface area contributed by atoms with Crippen molar-refractivity contribution in [2.45, 2.75) is 38.3 Å². The van der Waals surface area contributed by atoms with Crippen LogP contribution in [0.15, 0.2) is 12.2 Å². The quantitative estimate of drug-likeness (QED) is 0.384. The number of carbonyl (C=O) groups excluding carboxylic acids is 1. The maximum atomic E-state index is 11.6. The predicted molar refractivity (Wildman–Crippen MR) is 72.3 cm³/mol. The van der Waals surface area contributed by atoms with Crippen LogP contribution in [0.2, 0.25) is 0 Å². The first-order chi connectivity index (χ1) is 8.61. The fourth-order valence-corrected chi connectivity index (χ4v) is 1.56. The summed E-state index contributed by atoms with van der Waals surface area (Å²) in [5, 5.41) is 6.19. The van der Waals surface area contributed by atoms with Crippen LogP contribution >= 0.6 is 0 Å². The summed E-state index contributed by atoms with van der Waals surface area (Å²) in [4.78, 5) is 11.6. The van der Waals surface area contributed by atoms with E-state index in [4.69, 9.17) is 10.5 Å². The third-order valence-electron chi connectivity index (χ3n) is 2.69. The van der Waals surface area contributed by atoms with E-state index in [1.165, 1.54) is 0 Å². The Morgan fingerprint density at radius 2 is 2.28 bits per heavy atom. The summed E-state index contributed by atoms with van der Waals surface area (Å²) < 4.78 is 5.37. The van der Waals surface area contributed by atoms with Crippen molar-refractivity contribution in [2.75, 3.05) is 26.3 Å². The van der Waals surface area contributed by atoms with Gasteiger partial charge in [-0.15, -0.1) is 0 Å². The first-order valence-corrected chi connectivity index (χ1v) is 6.56. The van der Waals surface area contributed by atoms with Gasteiger partial charge in [-0.1, -0.05) is 12.2 Å². The fourth-order valence-electron chi connectivity index (χ4n) is 1.56. The van der Waals surface area contributed by atoms with E-state index in [0.29, 0.717) is 38.8 Å². The Labute approximate surface area is 109 Å². The smallest absolute Gasteiger partial charge is 0.221 e. The third-order valence-corrected chi connectivity index (χ3v) is 2.69. The third kappa shape index (κ3) is 7.42. The van der Waals surface area contributed by atoms with Crippen LogP contribution in [0.1, 0.15) is 26.2 Å². The Kier molecular flexibility index (Phi) is 6.93. The van der Waals surface area contributed by atoms with Crippen LogP contribution in [0, 0.1) is 0 Å². The minimum absolute atomic E-state index is 0.0252. The second-order valence-electron chi connectivity index (χ2n) is 4.94. The summed E-state index contributed by atoms with van der Waals surface area (Å²) in [7, 11) is 0. The van der Waals surface area contributed by atoms with E-state index >= 15 is 0 Å². The molecule has 1 amide bonds. The standard InChI is InChI=1S/C13H25N3O2/c1-10(2)9-18-6-5-15-12(8-14)7-13(17)16-11-3-4-11/h11-12,15H,1,3-9,14H2,2H3,(H,16,17). The topological polar surface area (TPSA) is 76.4 Å². The van der Waals surface area contributed by atoms with Gasteiger partial charge in [0.2, 0.25) is 5.91 Å². The first kappa shape index (κ1) is 15.1. The molecule has 0 aliphatic heterocycles. The summed E-state index contributed by atoms with van der Waals surface area (Å²) in [6.07, 6.45) is 2.66. The van der Waals surface area contributed by atoms with Gasteiger partial charge in [0.25, 0.3) is 0 Å². The van der Waals surface area contributed by atoms with Gasteiger partial charge in [0, 0.05) is 31.6 Å². The van der Waals surface area contributed by atoms with Crippen molar-refractivity contribution in [1.29, 1.82) is 0 Å². The Hall–Kier alpha value is -0.910. The van der Waals surface area contributed by atoms with Crippen molar-refractivity contribution in [3.05, 3.63) is 12.2 Å². The van der Waals surface area contributed by atoms with Gasteiger partial charge >= 0.3 is 0 Å². The summed E-state index contributed by atoms with van der Waals surface area (Å²) in [6.45, 7) is 8.03. The lowest BCUT2D eigenvalue weighted by molar-refractivity contribution is -0.121. The molecule has 1 aliphatic rings. The lowest BCUT2D eigenvalue weighted by Gasteiger charge is -2.16. The second-order valence-corrected chi connectivity index (χ2v) is 4.94. The molecule has 1 rings (SSSR count). The molecule has 5 heteroatoms. The molecule has 1 atom stereocenters. The van der Waals surface area contributed by atoms with Crippen molar-refractivity contribution >= 4 is 5.91 Å². The molecule has 104 valence electrons. The molecule has 1 aliphatic carbocycles. The number of ether oxygens (including phenoxy) is 1. The summed E-state index contributed by atoms with van der Waals surface area (Å²) in [6, 6.07) is 0.437. The highest BCUT2D eigenvalue weighted by Gasteiger charge is 2.24. The number of nitrogens with two attached hydrogens (primary N) is 1. The molecule has 0 saturated heterocycles. The van der Waals surface area contributed by atoms with Crippen LogP contribution < -0.4 is 16.4 Å². The monoisotopic (exact) mass is 255 g/mol. The van der Waals surface area contributed by atoms with Crippen LogP contribution in [0.5, 0.6) is 0 Å². The zero-order valence-electron chi connectivity index (χ0n) is 11.2. The van der Waals surface area contributed by atoms with Crippen molar-refractivity contribution in [3.63, 3.8) is 0 Å². The molecule has 0 radical (unpaired) electrons. The van der Waals surface area contributed by atoms with E-state index in [-0.39, 0.29) is 11.9 Å². The SMILES string of the molecule is C=C(C)COCCNC(CN)CC(=O)NC1CC1. The highest BCUT2D eigenvalue weighted by Crippen LogP contribution is 2.18. The number of amides is 1. The van der Waals surface area contributed by atoms with Crippen LogP contribution in [-0.2, 0) is 9.53 Å². The van der Waals surface area contributed by atoms with Crippen LogP contribution in [0.3, 0.4) is 0 Å². The van der Waals surface area contributed by atoms with Crippen LogP contribution in [0.4, 0.5) is 0 Å². The molecule has 0 aromatic heterocycles. The van der Waals surface area contributed by atoms with Crippen molar-refractivity contribution < 1.29 is 9.53 Å². The normalized spacial score (nSPS) is 16.3.